The van der Waals surface area contributed by atoms with E-state index in [-0.39, 0.29) is 10.2 Å². The van der Waals surface area contributed by atoms with E-state index in [0.717, 1.165) is 11.8 Å². The van der Waals surface area contributed by atoms with E-state index in [1.807, 2.05) is 0 Å². The van der Waals surface area contributed by atoms with Crippen LogP contribution in [-0.2, 0) is 6.18 Å². The maximum absolute atomic E-state index is 12.5. The van der Waals surface area contributed by atoms with E-state index in [0.29, 0.717) is 9.35 Å². The van der Waals surface area contributed by atoms with Crippen molar-refractivity contribution in [3.63, 3.8) is 0 Å². The fourth-order valence-electron chi connectivity index (χ4n) is 0.985. The highest BCUT2D eigenvalue weighted by Crippen LogP contribution is 2.33. The van der Waals surface area contributed by atoms with Crippen LogP contribution >= 0.6 is 34.7 Å². The Morgan fingerprint density at radius 1 is 1.28 bits per heavy atom. The summed E-state index contributed by atoms with van der Waals surface area (Å²) >= 11 is 7.75. The highest BCUT2D eigenvalue weighted by atomic mass is 35.5. The fraction of sp³-hybridized carbons (Fsp3) is 0.250. The molecule has 4 nitrogen and oxygen atoms in total. The molecule has 0 saturated carbocycles. The predicted octanol–water partition coefficient (Wildman–Crippen LogP) is 3.46. The third-order valence-corrected chi connectivity index (χ3v) is 3.63. The maximum atomic E-state index is 12.5. The van der Waals surface area contributed by atoms with Gasteiger partial charge in [0.25, 0.3) is 0 Å². The Kier molecular flexibility index (Phi) is 3.74. The lowest BCUT2D eigenvalue weighted by atomic mass is 10.5. The second kappa shape index (κ2) is 4.98. The first-order valence-corrected chi connectivity index (χ1v) is 6.45. The predicted molar refractivity (Wildman–Crippen MR) is 60.8 cm³/mol. The molecule has 2 aromatic rings. The van der Waals surface area contributed by atoms with Gasteiger partial charge in [-0.25, -0.2) is 9.97 Å². The van der Waals surface area contributed by atoms with Crippen LogP contribution in [0.4, 0.5) is 13.2 Å². The molecule has 0 aliphatic heterocycles. The van der Waals surface area contributed by atoms with Gasteiger partial charge in [-0.05, 0) is 18.7 Å². The van der Waals surface area contributed by atoms with E-state index < -0.39 is 12.0 Å². The van der Waals surface area contributed by atoms with Crippen LogP contribution in [-0.4, -0.2) is 20.2 Å². The summed E-state index contributed by atoms with van der Waals surface area (Å²) in [5.41, 5.74) is 0. The zero-order valence-corrected chi connectivity index (χ0v) is 11.1. The van der Waals surface area contributed by atoms with Gasteiger partial charge in [0.05, 0.1) is 0 Å². The molecule has 0 aromatic carbocycles. The molecule has 0 bridgehead atoms. The van der Waals surface area contributed by atoms with Crippen LogP contribution < -0.4 is 0 Å². The largest absolute Gasteiger partial charge is 0.451 e. The second-order valence-electron chi connectivity index (χ2n) is 3.04. The average molecular weight is 313 g/mol. The van der Waals surface area contributed by atoms with Crippen molar-refractivity contribution < 1.29 is 13.2 Å². The van der Waals surface area contributed by atoms with Crippen molar-refractivity contribution in [2.45, 2.75) is 22.5 Å². The minimum Gasteiger partial charge on any atom is -0.217 e. The molecule has 2 heterocycles. The van der Waals surface area contributed by atoms with Crippen LogP contribution in [0.25, 0.3) is 0 Å². The SMILES string of the molecule is Cc1nnc(Sc2cc(Cl)nc(C(F)(F)F)n2)s1. The van der Waals surface area contributed by atoms with Gasteiger partial charge >= 0.3 is 6.18 Å². The number of hydrogen-bond donors (Lipinski definition) is 0. The monoisotopic (exact) mass is 312 g/mol. The average Bonchev–Trinajstić information content (AvgIpc) is 2.61. The highest BCUT2D eigenvalue weighted by molar-refractivity contribution is 8.01. The van der Waals surface area contributed by atoms with Gasteiger partial charge in [0.1, 0.15) is 15.2 Å². The molecule has 96 valence electrons. The summed E-state index contributed by atoms with van der Waals surface area (Å²) in [7, 11) is 0. The molecule has 0 spiro atoms. The molecule has 0 fully saturated rings. The molecular formula is C8H4ClF3N4S2. The van der Waals surface area contributed by atoms with Crippen molar-refractivity contribution in [3.05, 3.63) is 22.1 Å². The van der Waals surface area contributed by atoms with Crippen LogP contribution in [0.5, 0.6) is 0 Å². The Morgan fingerprint density at radius 3 is 2.56 bits per heavy atom. The van der Waals surface area contributed by atoms with Crippen LogP contribution in [0.1, 0.15) is 10.8 Å². The summed E-state index contributed by atoms with van der Waals surface area (Å²) in [4.78, 5) is 6.53. The lowest BCUT2D eigenvalue weighted by Crippen LogP contribution is -2.11. The first-order chi connectivity index (χ1) is 8.34. The quantitative estimate of drug-likeness (QED) is 0.795. The standard InChI is InChI=1S/C8H4ClF3N4S2/c1-3-15-16-7(17-3)18-5-2-4(9)13-6(14-5)8(10,11)12/h2H,1H3. The van der Waals surface area contributed by atoms with Gasteiger partial charge in [-0.15, -0.1) is 10.2 Å². The lowest BCUT2D eigenvalue weighted by molar-refractivity contribution is -0.145. The Hall–Kier alpha value is -0.930. The molecule has 10 heteroatoms. The van der Waals surface area contributed by atoms with Crippen LogP contribution in [0.3, 0.4) is 0 Å². The fourth-order valence-corrected chi connectivity index (χ4v) is 3.00. The second-order valence-corrected chi connectivity index (χ2v) is 5.88. The molecule has 0 atom stereocenters. The summed E-state index contributed by atoms with van der Waals surface area (Å²) in [5.74, 6) is -1.27. The van der Waals surface area contributed by atoms with E-state index in [2.05, 4.69) is 20.2 Å². The van der Waals surface area contributed by atoms with Crippen molar-refractivity contribution in [1.82, 2.24) is 20.2 Å². The van der Waals surface area contributed by atoms with Gasteiger partial charge in [-0.2, -0.15) is 13.2 Å². The van der Waals surface area contributed by atoms with Crippen molar-refractivity contribution in [2.75, 3.05) is 0 Å². The van der Waals surface area contributed by atoms with E-state index in [1.165, 1.54) is 17.4 Å². The van der Waals surface area contributed by atoms with E-state index in [4.69, 9.17) is 11.6 Å². The molecule has 0 radical (unpaired) electrons. The van der Waals surface area contributed by atoms with E-state index in [9.17, 15) is 13.2 Å². The molecule has 0 aliphatic carbocycles. The normalized spacial score (nSPS) is 11.8. The smallest absolute Gasteiger partial charge is 0.217 e. The van der Waals surface area contributed by atoms with Gasteiger partial charge in [0.2, 0.25) is 5.82 Å². The molecule has 0 amide bonds. The van der Waals surface area contributed by atoms with Gasteiger partial charge in [-0.3, -0.25) is 0 Å². The minimum absolute atomic E-state index is 0.0819. The van der Waals surface area contributed by atoms with E-state index >= 15 is 0 Å². The number of halogens is 4. The third-order valence-electron chi connectivity index (χ3n) is 1.62. The zero-order valence-electron chi connectivity index (χ0n) is 8.69. The third kappa shape index (κ3) is 3.30. The van der Waals surface area contributed by atoms with Crippen molar-refractivity contribution in [1.29, 1.82) is 0 Å². The first kappa shape index (κ1) is 13.5. The lowest BCUT2D eigenvalue weighted by Gasteiger charge is -2.06. The topological polar surface area (TPSA) is 51.6 Å². The van der Waals surface area contributed by atoms with E-state index in [1.54, 1.807) is 6.92 Å². The number of aryl methyl sites for hydroxylation is 1. The molecule has 2 rings (SSSR count). The molecular weight excluding hydrogens is 309 g/mol. The molecule has 2 aromatic heterocycles. The van der Waals surface area contributed by atoms with Crippen LogP contribution in [0.15, 0.2) is 15.4 Å². The summed E-state index contributed by atoms with van der Waals surface area (Å²) in [6.07, 6.45) is -4.63. The summed E-state index contributed by atoms with van der Waals surface area (Å²) < 4.78 is 37.9. The number of hydrogen-bond acceptors (Lipinski definition) is 6. The molecule has 18 heavy (non-hydrogen) atoms. The van der Waals surface area contributed by atoms with Gasteiger partial charge in [0, 0.05) is 6.07 Å². The minimum atomic E-state index is -4.63. The Bertz CT molecular complexity index is 572. The molecule has 0 saturated heterocycles. The van der Waals surface area contributed by atoms with Crippen LogP contribution in [0.2, 0.25) is 5.15 Å². The highest BCUT2D eigenvalue weighted by Gasteiger charge is 2.35. The van der Waals surface area contributed by atoms with Gasteiger partial charge < -0.3 is 0 Å². The molecule has 0 aliphatic rings. The Morgan fingerprint density at radius 2 is 2.00 bits per heavy atom. The number of rotatable bonds is 2. The number of aromatic nitrogens is 4. The molecule has 0 N–H and O–H groups in total. The summed E-state index contributed by atoms with van der Waals surface area (Å²) in [5, 5.41) is 8.07. The number of alkyl halides is 3. The van der Waals surface area contributed by atoms with Crippen molar-refractivity contribution in [2.24, 2.45) is 0 Å². The maximum Gasteiger partial charge on any atom is 0.451 e. The zero-order chi connectivity index (χ0) is 13.3. The van der Waals surface area contributed by atoms with Gasteiger partial charge in [-0.1, -0.05) is 22.9 Å². The molecule has 0 unspecified atom stereocenters. The van der Waals surface area contributed by atoms with Gasteiger partial charge in [0.15, 0.2) is 4.34 Å². The first-order valence-electron chi connectivity index (χ1n) is 4.44. The van der Waals surface area contributed by atoms with Crippen molar-refractivity contribution >= 4 is 34.7 Å². The number of nitrogens with zero attached hydrogens (tertiary/aromatic N) is 4. The summed E-state index contributed by atoms with van der Waals surface area (Å²) in [6, 6.07) is 1.25. The Balaban J connectivity index is 2.31. The van der Waals surface area contributed by atoms with Crippen LogP contribution in [0, 0.1) is 6.92 Å². The Labute approximate surface area is 113 Å². The summed E-state index contributed by atoms with van der Waals surface area (Å²) in [6.45, 7) is 1.75. The van der Waals surface area contributed by atoms with Crippen molar-refractivity contribution in [3.8, 4) is 0 Å².